The minimum atomic E-state index is -0.344. The van der Waals surface area contributed by atoms with Gasteiger partial charge in [0.15, 0.2) is 5.78 Å². The highest BCUT2D eigenvalue weighted by molar-refractivity contribution is 6.03. The number of Topliss-reactive ketones (excluding diaryl/α,β-unsaturated/α-hetero) is 1. The van der Waals surface area contributed by atoms with Crippen LogP contribution in [0.2, 0.25) is 0 Å². The summed E-state index contributed by atoms with van der Waals surface area (Å²) in [7, 11) is 0. The van der Waals surface area contributed by atoms with Gasteiger partial charge in [0.2, 0.25) is 5.91 Å². The van der Waals surface area contributed by atoms with E-state index in [1.165, 1.54) is 0 Å². The molecule has 6 heteroatoms. The van der Waals surface area contributed by atoms with Gasteiger partial charge >= 0.3 is 0 Å². The zero-order chi connectivity index (χ0) is 20.6. The van der Waals surface area contributed by atoms with E-state index >= 15 is 0 Å². The molecule has 0 spiro atoms. The van der Waals surface area contributed by atoms with E-state index in [2.05, 4.69) is 5.32 Å². The molecule has 0 atom stereocenters. The standard InChI is InChI=1S/C23H26N2O4/c1-2-22(27)25-14-12-18(13-15-25)29-21-11-7-6-10-19(21)23(28)24-16-20(26)17-8-4-3-5-9-17/h3-11,18H,2,12-16H2,1H3,(H,24,28). The van der Waals surface area contributed by atoms with Crippen molar-refractivity contribution in [3.63, 3.8) is 0 Å². The first kappa shape index (κ1) is 20.6. The summed E-state index contributed by atoms with van der Waals surface area (Å²) in [5.74, 6) is 0.164. The van der Waals surface area contributed by atoms with Crippen LogP contribution in [-0.4, -0.2) is 48.2 Å². The molecule has 0 unspecified atom stereocenters. The number of ether oxygens (including phenoxy) is 1. The van der Waals surface area contributed by atoms with Crippen molar-refractivity contribution in [1.82, 2.24) is 10.2 Å². The number of carbonyl (C=O) groups excluding carboxylic acids is 3. The van der Waals surface area contributed by atoms with Crippen LogP contribution in [-0.2, 0) is 4.79 Å². The first-order chi connectivity index (χ1) is 14.1. The van der Waals surface area contributed by atoms with E-state index in [-0.39, 0.29) is 30.2 Å². The van der Waals surface area contributed by atoms with Crippen molar-refractivity contribution in [2.24, 2.45) is 0 Å². The van der Waals surface area contributed by atoms with Crippen LogP contribution < -0.4 is 10.1 Å². The molecule has 2 aromatic carbocycles. The van der Waals surface area contributed by atoms with E-state index in [0.717, 1.165) is 12.8 Å². The van der Waals surface area contributed by atoms with Gasteiger partial charge in [0, 0.05) is 37.9 Å². The average Bonchev–Trinajstić information content (AvgIpc) is 2.78. The van der Waals surface area contributed by atoms with Crippen molar-refractivity contribution in [3.8, 4) is 5.75 Å². The largest absolute Gasteiger partial charge is 0.489 e. The summed E-state index contributed by atoms with van der Waals surface area (Å²) in [6.07, 6.45) is 1.93. The van der Waals surface area contributed by atoms with Crippen LogP contribution in [0, 0.1) is 0 Å². The van der Waals surface area contributed by atoms with Crippen molar-refractivity contribution in [2.75, 3.05) is 19.6 Å². The van der Waals surface area contributed by atoms with Crippen LogP contribution in [0.1, 0.15) is 46.9 Å². The number of para-hydroxylation sites is 1. The first-order valence-electron chi connectivity index (χ1n) is 9.98. The number of hydrogen-bond donors (Lipinski definition) is 1. The Kier molecular flexibility index (Phi) is 7.00. The molecule has 1 saturated heterocycles. The lowest BCUT2D eigenvalue weighted by Gasteiger charge is -2.32. The van der Waals surface area contributed by atoms with E-state index in [0.29, 0.717) is 36.4 Å². The molecular weight excluding hydrogens is 368 g/mol. The third kappa shape index (κ3) is 5.44. The second-order valence-electron chi connectivity index (χ2n) is 7.02. The molecule has 1 aliphatic rings. The summed E-state index contributed by atoms with van der Waals surface area (Å²) in [6.45, 7) is 3.12. The fourth-order valence-corrected chi connectivity index (χ4v) is 3.37. The smallest absolute Gasteiger partial charge is 0.255 e. The minimum absolute atomic E-state index is 0.0455. The summed E-state index contributed by atoms with van der Waals surface area (Å²) in [6, 6.07) is 15.9. The molecular formula is C23H26N2O4. The number of amides is 2. The second kappa shape index (κ2) is 9.87. The van der Waals surface area contributed by atoms with Crippen LogP contribution in [0.15, 0.2) is 54.6 Å². The van der Waals surface area contributed by atoms with Gasteiger partial charge in [-0.25, -0.2) is 0 Å². The molecule has 0 saturated carbocycles. The Morgan fingerprint density at radius 2 is 1.66 bits per heavy atom. The number of nitrogens with zero attached hydrogens (tertiary/aromatic N) is 1. The first-order valence-corrected chi connectivity index (χ1v) is 9.98. The molecule has 3 rings (SSSR count). The number of hydrogen-bond acceptors (Lipinski definition) is 4. The second-order valence-corrected chi connectivity index (χ2v) is 7.02. The maximum absolute atomic E-state index is 12.6. The Morgan fingerprint density at radius 1 is 1.00 bits per heavy atom. The summed E-state index contributed by atoms with van der Waals surface area (Å²) in [4.78, 5) is 38.5. The summed E-state index contributed by atoms with van der Waals surface area (Å²) in [5, 5.41) is 2.68. The molecule has 1 heterocycles. The van der Waals surface area contributed by atoms with Gasteiger partial charge < -0.3 is 15.0 Å². The number of rotatable bonds is 7. The van der Waals surface area contributed by atoms with Gasteiger partial charge in [0.05, 0.1) is 12.1 Å². The number of benzene rings is 2. The summed E-state index contributed by atoms with van der Waals surface area (Å²) >= 11 is 0. The fourth-order valence-electron chi connectivity index (χ4n) is 3.37. The van der Waals surface area contributed by atoms with Gasteiger partial charge in [-0.1, -0.05) is 49.4 Å². The quantitative estimate of drug-likeness (QED) is 0.733. The molecule has 0 radical (unpaired) electrons. The number of piperidine rings is 1. The Morgan fingerprint density at radius 3 is 2.34 bits per heavy atom. The SMILES string of the molecule is CCC(=O)N1CCC(Oc2ccccc2C(=O)NCC(=O)c2ccccc2)CC1. The summed E-state index contributed by atoms with van der Waals surface area (Å²) < 4.78 is 6.08. The Labute approximate surface area is 170 Å². The van der Waals surface area contributed by atoms with Gasteiger partial charge in [-0.05, 0) is 12.1 Å². The molecule has 1 fully saturated rings. The van der Waals surface area contributed by atoms with Crippen LogP contribution in [0.4, 0.5) is 0 Å². The van der Waals surface area contributed by atoms with Gasteiger partial charge in [-0.2, -0.15) is 0 Å². The maximum atomic E-state index is 12.6. The lowest BCUT2D eigenvalue weighted by molar-refractivity contribution is -0.132. The summed E-state index contributed by atoms with van der Waals surface area (Å²) in [5.41, 5.74) is 0.964. The molecule has 152 valence electrons. The minimum Gasteiger partial charge on any atom is -0.489 e. The van der Waals surface area contributed by atoms with E-state index in [1.807, 2.05) is 24.0 Å². The third-order valence-electron chi connectivity index (χ3n) is 5.03. The normalized spacial score (nSPS) is 14.3. The van der Waals surface area contributed by atoms with E-state index in [4.69, 9.17) is 4.74 Å². The Balaban J connectivity index is 1.58. The third-order valence-corrected chi connectivity index (χ3v) is 5.03. The van der Waals surface area contributed by atoms with E-state index in [1.54, 1.807) is 42.5 Å². The molecule has 6 nitrogen and oxygen atoms in total. The molecule has 1 aliphatic heterocycles. The molecule has 2 aromatic rings. The molecule has 1 N–H and O–H groups in total. The highest BCUT2D eigenvalue weighted by atomic mass is 16.5. The molecule has 2 amide bonds. The number of nitrogens with one attached hydrogen (secondary N) is 1. The van der Waals surface area contributed by atoms with Gasteiger partial charge in [0.25, 0.3) is 5.91 Å². The van der Waals surface area contributed by atoms with Crippen LogP contribution in [0.25, 0.3) is 0 Å². The predicted molar refractivity (Wildman–Crippen MR) is 110 cm³/mol. The monoisotopic (exact) mass is 394 g/mol. The van der Waals surface area contributed by atoms with Crippen molar-refractivity contribution < 1.29 is 19.1 Å². The topological polar surface area (TPSA) is 75.7 Å². The zero-order valence-electron chi connectivity index (χ0n) is 16.6. The fraction of sp³-hybridized carbons (Fsp3) is 0.348. The predicted octanol–water partition coefficient (Wildman–Crippen LogP) is 3.08. The van der Waals surface area contributed by atoms with E-state index < -0.39 is 0 Å². The molecule has 0 bridgehead atoms. The van der Waals surface area contributed by atoms with Gasteiger partial charge in [0.1, 0.15) is 11.9 Å². The molecule has 0 aromatic heterocycles. The van der Waals surface area contributed by atoms with Crippen molar-refractivity contribution in [1.29, 1.82) is 0 Å². The lowest BCUT2D eigenvalue weighted by Crippen LogP contribution is -2.41. The van der Waals surface area contributed by atoms with Gasteiger partial charge in [-0.15, -0.1) is 0 Å². The maximum Gasteiger partial charge on any atom is 0.255 e. The van der Waals surface area contributed by atoms with Crippen LogP contribution in [0.3, 0.4) is 0 Å². The molecule has 29 heavy (non-hydrogen) atoms. The van der Waals surface area contributed by atoms with Crippen molar-refractivity contribution in [2.45, 2.75) is 32.3 Å². The Bertz CT molecular complexity index is 858. The highest BCUT2D eigenvalue weighted by Gasteiger charge is 2.24. The van der Waals surface area contributed by atoms with E-state index in [9.17, 15) is 14.4 Å². The number of ketones is 1. The van der Waals surface area contributed by atoms with Crippen molar-refractivity contribution >= 4 is 17.6 Å². The van der Waals surface area contributed by atoms with Crippen LogP contribution in [0.5, 0.6) is 5.75 Å². The number of carbonyl (C=O) groups is 3. The highest BCUT2D eigenvalue weighted by Crippen LogP contribution is 2.23. The van der Waals surface area contributed by atoms with Crippen molar-refractivity contribution in [3.05, 3.63) is 65.7 Å². The van der Waals surface area contributed by atoms with Gasteiger partial charge in [-0.3, -0.25) is 14.4 Å². The zero-order valence-corrected chi connectivity index (χ0v) is 16.6. The Hall–Kier alpha value is -3.15. The number of likely N-dealkylation sites (tertiary alicyclic amines) is 1. The van der Waals surface area contributed by atoms with Crippen LogP contribution >= 0.6 is 0 Å². The average molecular weight is 394 g/mol. The lowest BCUT2D eigenvalue weighted by atomic mass is 10.1. The molecule has 0 aliphatic carbocycles.